The number of imidazole rings is 1. The molecule has 0 aliphatic carbocycles. The molecule has 0 aliphatic heterocycles. The summed E-state index contributed by atoms with van der Waals surface area (Å²) in [5, 5.41) is -0.00118. The number of sulfonamides is 1. The van der Waals surface area contributed by atoms with Gasteiger partial charge < -0.3 is 4.57 Å². The number of hydrogen-bond donors (Lipinski definition) is 1. The number of hydrogen-bond acceptors (Lipinski definition) is 3. The Balaban J connectivity index is 2.31. The van der Waals surface area contributed by atoms with Crippen molar-refractivity contribution in [2.24, 2.45) is 0 Å². The fourth-order valence-corrected chi connectivity index (χ4v) is 2.87. The Hall–Kier alpha value is -1.53. The van der Waals surface area contributed by atoms with E-state index < -0.39 is 10.0 Å². The first-order valence-corrected chi connectivity index (χ1v) is 7.77. The minimum atomic E-state index is -3.68. The van der Waals surface area contributed by atoms with Crippen molar-refractivity contribution in [1.82, 2.24) is 9.55 Å². The summed E-state index contributed by atoms with van der Waals surface area (Å²) in [4.78, 5) is 3.89. The van der Waals surface area contributed by atoms with Gasteiger partial charge in [0, 0.05) is 18.6 Å². The lowest BCUT2D eigenvalue weighted by atomic mass is 10.2. The molecular weight excluding hydrogens is 286 g/mol. The van der Waals surface area contributed by atoms with Crippen LogP contribution in [0.2, 0.25) is 0 Å². The predicted molar refractivity (Wildman–Crippen MR) is 74.7 cm³/mol. The van der Waals surface area contributed by atoms with E-state index in [9.17, 15) is 8.42 Å². The number of rotatable bonds is 5. The highest BCUT2D eigenvalue weighted by atomic mass is 35.5. The molecule has 0 saturated heterocycles. The molecule has 0 amide bonds. The van der Waals surface area contributed by atoms with E-state index in [0.29, 0.717) is 12.2 Å². The van der Waals surface area contributed by atoms with E-state index in [1.807, 2.05) is 6.92 Å². The van der Waals surface area contributed by atoms with Crippen LogP contribution in [0.3, 0.4) is 0 Å². The molecule has 7 heteroatoms. The van der Waals surface area contributed by atoms with Gasteiger partial charge in [0.05, 0.1) is 12.0 Å². The molecule has 0 aliphatic rings. The maximum atomic E-state index is 12.2. The molecule has 0 radical (unpaired) electrons. The second kappa shape index (κ2) is 5.63. The van der Waals surface area contributed by atoms with E-state index in [2.05, 4.69) is 9.71 Å². The van der Waals surface area contributed by atoms with Crippen LogP contribution in [-0.4, -0.2) is 18.0 Å². The Kier molecular flexibility index (Phi) is 4.11. The maximum Gasteiger partial charge on any atom is 0.280 e. The van der Waals surface area contributed by atoms with Crippen LogP contribution in [0, 0.1) is 0 Å². The fraction of sp³-hybridized carbons (Fsp3) is 0.250. The zero-order valence-electron chi connectivity index (χ0n) is 10.4. The van der Waals surface area contributed by atoms with E-state index in [-0.39, 0.29) is 10.9 Å². The summed E-state index contributed by atoms with van der Waals surface area (Å²) in [6.07, 6.45) is 2.98. The largest absolute Gasteiger partial charge is 0.336 e. The summed E-state index contributed by atoms with van der Waals surface area (Å²) in [7, 11) is -3.68. The van der Waals surface area contributed by atoms with Crippen LogP contribution in [0.1, 0.15) is 12.5 Å². The zero-order chi connectivity index (χ0) is 13.9. The molecule has 1 heterocycles. The summed E-state index contributed by atoms with van der Waals surface area (Å²) in [6.45, 7) is 2.58. The quantitative estimate of drug-likeness (QED) is 0.863. The average molecular weight is 300 g/mol. The Morgan fingerprint density at radius 1 is 1.37 bits per heavy atom. The van der Waals surface area contributed by atoms with Crippen molar-refractivity contribution in [3.8, 4) is 0 Å². The van der Waals surface area contributed by atoms with Crippen molar-refractivity contribution >= 4 is 27.3 Å². The molecule has 0 spiro atoms. The van der Waals surface area contributed by atoms with Crippen LogP contribution in [0.4, 0.5) is 5.69 Å². The smallest absolute Gasteiger partial charge is 0.280 e. The van der Waals surface area contributed by atoms with Gasteiger partial charge in [-0.05, 0) is 18.6 Å². The summed E-state index contributed by atoms with van der Waals surface area (Å²) in [5.41, 5.74) is 1.20. The van der Waals surface area contributed by atoms with Gasteiger partial charge >= 0.3 is 0 Å². The van der Waals surface area contributed by atoms with Gasteiger partial charge in [-0.3, -0.25) is 4.72 Å². The number of para-hydroxylation sites is 1. The average Bonchev–Trinajstić information content (AvgIpc) is 2.88. The predicted octanol–water partition coefficient (Wildman–Crippen LogP) is 2.44. The number of aromatic nitrogens is 2. The molecule has 2 aromatic rings. The third-order valence-electron chi connectivity index (χ3n) is 2.66. The van der Waals surface area contributed by atoms with Crippen LogP contribution in [0.5, 0.6) is 0 Å². The van der Waals surface area contributed by atoms with Crippen molar-refractivity contribution in [1.29, 1.82) is 0 Å². The third-order valence-corrected chi connectivity index (χ3v) is 4.19. The van der Waals surface area contributed by atoms with Gasteiger partial charge in [-0.15, -0.1) is 11.6 Å². The van der Waals surface area contributed by atoms with Gasteiger partial charge in [0.25, 0.3) is 10.0 Å². The van der Waals surface area contributed by atoms with Crippen LogP contribution >= 0.6 is 11.6 Å². The molecule has 1 N–H and O–H groups in total. The SMILES string of the molecule is CCn1cnc(S(=O)(=O)Nc2ccccc2CCl)c1. The van der Waals surface area contributed by atoms with Crippen molar-refractivity contribution in [3.63, 3.8) is 0 Å². The van der Waals surface area contributed by atoms with Gasteiger partial charge in [0.1, 0.15) is 0 Å². The number of nitrogens with zero attached hydrogens (tertiary/aromatic N) is 2. The Morgan fingerprint density at radius 3 is 2.74 bits per heavy atom. The topological polar surface area (TPSA) is 64.0 Å². The molecule has 0 atom stereocenters. The summed E-state index contributed by atoms with van der Waals surface area (Å²) in [6, 6.07) is 7.00. The molecule has 0 bridgehead atoms. The van der Waals surface area contributed by atoms with E-state index in [4.69, 9.17) is 11.6 Å². The normalized spacial score (nSPS) is 11.5. The number of anilines is 1. The van der Waals surface area contributed by atoms with Crippen LogP contribution in [0.15, 0.2) is 41.8 Å². The Morgan fingerprint density at radius 2 is 2.11 bits per heavy atom. The molecule has 1 aromatic carbocycles. The van der Waals surface area contributed by atoms with Gasteiger partial charge in [0.2, 0.25) is 0 Å². The molecule has 0 unspecified atom stereocenters. The van der Waals surface area contributed by atoms with Crippen molar-refractivity contribution in [2.45, 2.75) is 24.4 Å². The lowest BCUT2D eigenvalue weighted by Gasteiger charge is -2.09. The summed E-state index contributed by atoms with van der Waals surface area (Å²) in [5.74, 6) is 0.238. The monoisotopic (exact) mass is 299 g/mol. The lowest BCUT2D eigenvalue weighted by molar-refractivity contribution is 0.598. The Bertz CT molecular complexity index is 667. The minimum Gasteiger partial charge on any atom is -0.336 e. The number of nitrogens with one attached hydrogen (secondary N) is 1. The fourth-order valence-electron chi connectivity index (χ4n) is 1.58. The number of benzene rings is 1. The molecule has 5 nitrogen and oxygen atoms in total. The molecular formula is C12H14ClN3O2S. The van der Waals surface area contributed by atoms with E-state index >= 15 is 0 Å². The van der Waals surface area contributed by atoms with Crippen molar-refractivity contribution in [2.75, 3.05) is 4.72 Å². The highest BCUT2D eigenvalue weighted by Crippen LogP contribution is 2.20. The van der Waals surface area contributed by atoms with E-state index in [0.717, 1.165) is 5.56 Å². The first-order chi connectivity index (χ1) is 9.06. The third kappa shape index (κ3) is 3.08. The van der Waals surface area contributed by atoms with Crippen LogP contribution < -0.4 is 4.72 Å². The Labute approximate surface area is 117 Å². The molecule has 0 fully saturated rings. The first kappa shape index (κ1) is 13.9. The van der Waals surface area contributed by atoms with Crippen molar-refractivity contribution < 1.29 is 8.42 Å². The zero-order valence-corrected chi connectivity index (χ0v) is 11.9. The maximum absolute atomic E-state index is 12.2. The van der Waals surface area contributed by atoms with Crippen LogP contribution in [-0.2, 0) is 22.4 Å². The number of aryl methyl sites for hydroxylation is 1. The highest BCUT2D eigenvalue weighted by Gasteiger charge is 2.18. The van der Waals surface area contributed by atoms with Gasteiger partial charge in [-0.25, -0.2) is 4.98 Å². The summed E-state index contributed by atoms with van der Waals surface area (Å²) < 4.78 is 28.5. The summed E-state index contributed by atoms with van der Waals surface area (Å²) >= 11 is 5.78. The molecule has 2 rings (SSSR count). The lowest BCUT2D eigenvalue weighted by Crippen LogP contribution is -2.14. The highest BCUT2D eigenvalue weighted by molar-refractivity contribution is 7.92. The second-order valence-electron chi connectivity index (χ2n) is 3.94. The van der Waals surface area contributed by atoms with Gasteiger partial charge in [0.15, 0.2) is 5.03 Å². The molecule has 102 valence electrons. The second-order valence-corrected chi connectivity index (χ2v) is 5.84. The molecule has 19 heavy (non-hydrogen) atoms. The van der Waals surface area contributed by atoms with Gasteiger partial charge in [-0.1, -0.05) is 18.2 Å². The minimum absolute atomic E-state index is 0.00118. The van der Waals surface area contributed by atoms with Crippen molar-refractivity contribution in [3.05, 3.63) is 42.4 Å². The van der Waals surface area contributed by atoms with Crippen LogP contribution in [0.25, 0.3) is 0 Å². The molecule has 1 aromatic heterocycles. The van der Waals surface area contributed by atoms with Gasteiger partial charge in [-0.2, -0.15) is 8.42 Å². The van der Waals surface area contributed by atoms with E-state index in [1.165, 1.54) is 12.5 Å². The number of alkyl halides is 1. The standard InChI is InChI=1S/C12H14ClN3O2S/c1-2-16-8-12(14-9-16)19(17,18)15-11-6-4-3-5-10(11)7-13/h3-6,8-9,15H,2,7H2,1H3. The van der Waals surface area contributed by atoms with E-state index in [1.54, 1.807) is 28.8 Å². The molecule has 0 saturated carbocycles. The first-order valence-electron chi connectivity index (χ1n) is 5.75. The number of halogens is 1.